The standard InChI is InChI=1S/C18H22N6/c1-19-11-14-7-9-23(10-8-14)17-16-12-22-24(18(16)21-13-20-17)15-5-3-2-4-6-15/h2-6,12-14,19H,7-11H2,1H3. The van der Waals surface area contributed by atoms with Crippen molar-refractivity contribution in [3.63, 3.8) is 0 Å². The minimum Gasteiger partial charge on any atom is -0.356 e. The monoisotopic (exact) mass is 322 g/mol. The molecule has 1 aliphatic rings. The molecule has 0 amide bonds. The summed E-state index contributed by atoms with van der Waals surface area (Å²) < 4.78 is 1.88. The van der Waals surface area contributed by atoms with Gasteiger partial charge in [-0.25, -0.2) is 14.6 Å². The summed E-state index contributed by atoms with van der Waals surface area (Å²) in [6.07, 6.45) is 5.92. The molecule has 0 saturated carbocycles. The van der Waals surface area contributed by atoms with E-state index in [-0.39, 0.29) is 0 Å². The van der Waals surface area contributed by atoms with Crippen LogP contribution >= 0.6 is 0 Å². The van der Waals surface area contributed by atoms with Gasteiger partial charge < -0.3 is 10.2 Å². The summed E-state index contributed by atoms with van der Waals surface area (Å²) in [7, 11) is 2.03. The maximum atomic E-state index is 4.55. The Balaban J connectivity index is 1.65. The normalized spacial score (nSPS) is 16.0. The van der Waals surface area contributed by atoms with E-state index in [1.54, 1.807) is 6.33 Å². The summed E-state index contributed by atoms with van der Waals surface area (Å²) in [6, 6.07) is 10.1. The van der Waals surface area contributed by atoms with Gasteiger partial charge in [-0.3, -0.25) is 0 Å². The molecule has 0 spiro atoms. The van der Waals surface area contributed by atoms with E-state index < -0.39 is 0 Å². The van der Waals surface area contributed by atoms with Gasteiger partial charge in [-0.15, -0.1) is 0 Å². The van der Waals surface area contributed by atoms with Crippen molar-refractivity contribution in [2.24, 2.45) is 5.92 Å². The SMILES string of the molecule is CNCC1CCN(c2ncnc3c2cnn3-c2ccccc2)CC1. The Hall–Kier alpha value is -2.47. The molecule has 0 radical (unpaired) electrons. The molecule has 1 saturated heterocycles. The molecule has 1 fully saturated rings. The maximum Gasteiger partial charge on any atom is 0.168 e. The highest BCUT2D eigenvalue weighted by molar-refractivity contribution is 5.87. The Morgan fingerprint density at radius 3 is 2.67 bits per heavy atom. The Morgan fingerprint density at radius 2 is 1.92 bits per heavy atom. The van der Waals surface area contributed by atoms with Crippen LogP contribution in [0.25, 0.3) is 16.7 Å². The third-order valence-corrected chi connectivity index (χ3v) is 4.75. The fraction of sp³-hybridized carbons (Fsp3) is 0.389. The van der Waals surface area contributed by atoms with Gasteiger partial charge in [-0.2, -0.15) is 5.10 Å². The molecule has 1 aliphatic heterocycles. The molecule has 2 aromatic heterocycles. The average Bonchev–Trinajstić information content (AvgIpc) is 3.08. The Bertz CT molecular complexity index is 805. The molecule has 4 rings (SSSR count). The predicted octanol–water partition coefficient (Wildman–Crippen LogP) is 2.25. The van der Waals surface area contributed by atoms with Gasteiger partial charge in [0, 0.05) is 13.1 Å². The lowest BCUT2D eigenvalue weighted by molar-refractivity contribution is 0.392. The minimum atomic E-state index is 0.760. The van der Waals surface area contributed by atoms with Crippen LogP contribution in [0.1, 0.15) is 12.8 Å². The highest BCUT2D eigenvalue weighted by Crippen LogP contribution is 2.28. The molecule has 3 heterocycles. The summed E-state index contributed by atoms with van der Waals surface area (Å²) in [4.78, 5) is 11.4. The molecule has 124 valence electrons. The molecule has 6 heteroatoms. The van der Waals surface area contributed by atoms with Crippen molar-refractivity contribution in [1.82, 2.24) is 25.1 Å². The quantitative estimate of drug-likeness (QED) is 0.798. The van der Waals surface area contributed by atoms with Crippen molar-refractivity contribution in [3.8, 4) is 5.69 Å². The molecule has 6 nitrogen and oxygen atoms in total. The highest BCUT2D eigenvalue weighted by atomic mass is 15.3. The van der Waals surface area contributed by atoms with Crippen LogP contribution in [0.3, 0.4) is 0 Å². The number of piperidine rings is 1. The van der Waals surface area contributed by atoms with E-state index in [0.29, 0.717) is 0 Å². The fourth-order valence-corrected chi connectivity index (χ4v) is 3.48. The molecular formula is C18H22N6. The molecule has 0 bridgehead atoms. The first-order valence-corrected chi connectivity index (χ1v) is 8.50. The molecule has 0 aliphatic carbocycles. The largest absolute Gasteiger partial charge is 0.356 e. The third kappa shape index (κ3) is 2.73. The molecule has 1 aromatic carbocycles. The summed E-state index contributed by atoms with van der Waals surface area (Å²) in [5.41, 5.74) is 1.88. The zero-order valence-electron chi connectivity index (χ0n) is 13.9. The van der Waals surface area contributed by atoms with Crippen molar-refractivity contribution in [1.29, 1.82) is 0 Å². The first kappa shape index (κ1) is 15.1. The number of para-hydroxylation sites is 1. The second-order valence-corrected chi connectivity index (χ2v) is 6.31. The van der Waals surface area contributed by atoms with E-state index in [1.165, 1.54) is 12.8 Å². The van der Waals surface area contributed by atoms with Gasteiger partial charge in [0.1, 0.15) is 12.1 Å². The zero-order chi connectivity index (χ0) is 16.4. The topological polar surface area (TPSA) is 58.9 Å². The molecule has 24 heavy (non-hydrogen) atoms. The van der Waals surface area contributed by atoms with E-state index in [2.05, 4.69) is 25.3 Å². The van der Waals surface area contributed by atoms with Crippen LogP contribution in [0, 0.1) is 5.92 Å². The molecule has 1 N–H and O–H groups in total. The van der Waals surface area contributed by atoms with Crippen LogP contribution in [-0.4, -0.2) is 46.4 Å². The Labute approximate surface area is 141 Å². The number of hydrogen-bond acceptors (Lipinski definition) is 5. The van der Waals surface area contributed by atoms with Crippen LogP contribution in [0.15, 0.2) is 42.9 Å². The highest BCUT2D eigenvalue weighted by Gasteiger charge is 2.22. The van der Waals surface area contributed by atoms with Crippen molar-refractivity contribution in [2.45, 2.75) is 12.8 Å². The summed E-state index contributed by atoms with van der Waals surface area (Å²) in [6.45, 7) is 3.17. The zero-order valence-corrected chi connectivity index (χ0v) is 13.9. The van der Waals surface area contributed by atoms with Crippen LogP contribution in [0.5, 0.6) is 0 Å². The van der Waals surface area contributed by atoms with E-state index in [1.807, 2.05) is 48.3 Å². The van der Waals surface area contributed by atoms with Crippen molar-refractivity contribution < 1.29 is 0 Å². The van der Waals surface area contributed by atoms with Crippen LogP contribution in [0.4, 0.5) is 5.82 Å². The van der Waals surface area contributed by atoms with Crippen LogP contribution in [0.2, 0.25) is 0 Å². The van der Waals surface area contributed by atoms with Crippen LogP contribution in [-0.2, 0) is 0 Å². The van der Waals surface area contributed by atoms with Gasteiger partial charge >= 0.3 is 0 Å². The van der Waals surface area contributed by atoms with Gasteiger partial charge in [-0.1, -0.05) is 18.2 Å². The van der Waals surface area contributed by atoms with E-state index >= 15 is 0 Å². The summed E-state index contributed by atoms with van der Waals surface area (Å²) in [5, 5.41) is 8.85. The summed E-state index contributed by atoms with van der Waals surface area (Å²) in [5.74, 6) is 1.76. The Morgan fingerprint density at radius 1 is 1.12 bits per heavy atom. The van der Waals surface area contributed by atoms with Gasteiger partial charge in [-0.05, 0) is 44.5 Å². The van der Waals surface area contributed by atoms with E-state index in [4.69, 9.17) is 0 Å². The molecule has 0 atom stereocenters. The van der Waals surface area contributed by atoms with Crippen LogP contribution < -0.4 is 10.2 Å². The lowest BCUT2D eigenvalue weighted by Crippen LogP contribution is -2.37. The molecular weight excluding hydrogens is 300 g/mol. The van der Waals surface area contributed by atoms with E-state index in [9.17, 15) is 0 Å². The number of hydrogen-bond donors (Lipinski definition) is 1. The van der Waals surface area contributed by atoms with Gasteiger partial charge in [0.2, 0.25) is 0 Å². The van der Waals surface area contributed by atoms with Crippen molar-refractivity contribution >= 4 is 16.9 Å². The van der Waals surface area contributed by atoms with Crippen molar-refractivity contribution in [2.75, 3.05) is 31.6 Å². The smallest absolute Gasteiger partial charge is 0.168 e. The lowest BCUT2D eigenvalue weighted by Gasteiger charge is -2.32. The van der Waals surface area contributed by atoms with E-state index in [0.717, 1.165) is 48.1 Å². The number of nitrogens with one attached hydrogen (secondary N) is 1. The second-order valence-electron chi connectivity index (χ2n) is 6.31. The first-order chi connectivity index (χ1) is 11.9. The number of aromatic nitrogens is 4. The third-order valence-electron chi connectivity index (χ3n) is 4.75. The second kappa shape index (κ2) is 6.57. The summed E-state index contributed by atoms with van der Waals surface area (Å²) >= 11 is 0. The fourth-order valence-electron chi connectivity index (χ4n) is 3.48. The number of anilines is 1. The predicted molar refractivity (Wildman–Crippen MR) is 95.5 cm³/mol. The van der Waals surface area contributed by atoms with Gasteiger partial charge in [0.25, 0.3) is 0 Å². The van der Waals surface area contributed by atoms with Crippen molar-refractivity contribution in [3.05, 3.63) is 42.9 Å². The maximum absolute atomic E-state index is 4.55. The Kier molecular flexibility index (Phi) is 4.13. The first-order valence-electron chi connectivity index (χ1n) is 8.50. The average molecular weight is 322 g/mol. The van der Waals surface area contributed by atoms with Gasteiger partial charge in [0.05, 0.1) is 17.3 Å². The number of rotatable bonds is 4. The number of nitrogens with zero attached hydrogens (tertiary/aromatic N) is 5. The number of fused-ring (bicyclic) bond motifs is 1. The lowest BCUT2D eigenvalue weighted by atomic mass is 9.97. The molecule has 0 unspecified atom stereocenters. The number of benzene rings is 1. The minimum absolute atomic E-state index is 0.760. The van der Waals surface area contributed by atoms with Gasteiger partial charge in [0.15, 0.2) is 5.65 Å². The molecule has 3 aromatic rings.